The molecule has 1 heteroatoms. The first kappa shape index (κ1) is 27.1. The van der Waals surface area contributed by atoms with E-state index in [0.717, 1.165) is 6.42 Å². The highest BCUT2D eigenvalue weighted by atomic mass is 16.3. The van der Waals surface area contributed by atoms with Crippen molar-refractivity contribution >= 4 is 0 Å². The van der Waals surface area contributed by atoms with Crippen molar-refractivity contribution in [3.05, 3.63) is 29.8 Å². The molecular formula is C29H52O. The Labute approximate surface area is 189 Å². The van der Waals surface area contributed by atoms with Gasteiger partial charge in [0.25, 0.3) is 0 Å². The highest BCUT2D eigenvalue weighted by molar-refractivity contribution is 5.25. The van der Waals surface area contributed by atoms with E-state index in [1.54, 1.807) is 12.1 Å². The van der Waals surface area contributed by atoms with Crippen LogP contribution in [0.5, 0.6) is 5.75 Å². The van der Waals surface area contributed by atoms with Gasteiger partial charge >= 0.3 is 0 Å². The highest BCUT2D eigenvalue weighted by Crippen LogP contribution is 2.16. The Morgan fingerprint density at radius 2 is 0.733 bits per heavy atom. The van der Waals surface area contributed by atoms with Crippen LogP contribution in [0.25, 0.3) is 0 Å². The van der Waals surface area contributed by atoms with E-state index in [1.165, 1.54) is 140 Å². The fraction of sp³-hybridized carbons (Fsp3) is 0.793. The van der Waals surface area contributed by atoms with E-state index in [1.807, 2.05) is 12.1 Å². The van der Waals surface area contributed by atoms with Gasteiger partial charge < -0.3 is 5.11 Å². The monoisotopic (exact) mass is 416 g/mol. The van der Waals surface area contributed by atoms with Crippen LogP contribution >= 0.6 is 0 Å². The summed E-state index contributed by atoms with van der Waals surface area (Å²) in [6.07, 6.45) is 31.3. The molecular weight excluding hydrogens is 364 g/mol. The number of aromatic hydroxyl groups is 1. The highest BCUT2D eigenvalue weighted by Gasteiger charge is 1.97. The number of hydrogen-bond donors (Lipinski definition) is 1. The van der Waals surface area contributed by atoms with Crippen molar-refractivity contribution in [3.8, 4) is 5.75 Å². The smallest absolute Gasteiger partial charge is 0.115 e. The maximum absolute atomic E-state index is 9.30. The second-order valence-electron chi connectivity index (χ2n) is 9.49. The SMILES string of the molecule is CCCCCCCCCCCCCCCCCCCCCCCc1ccc(O)cc1. The predicted octanol–water partition coefficient (Wildman–Crippen LogP) is 10.1. The van der Waals surface area contributed by atoms with Crippen molar-refractivity contribution in [2.75, 3.05) is 0 Å². The maximum atomic E-state index is 9.30. The van der Waals surface area contributed by atoms with E-state index in [2.05, 4.69) is 6.92 Å². The number of benzene rings is 1. The Bertz CT molecular complexity index is 450. The van der Waals surface area contributed by atoms with Crippen molar-refractivity contribution in [1.82, 2.24) is 0 Å². The van der Waals surface area contributed by atoms with Gasteiger partial charge in [0, 0.05) is 0 Å². The molecule has 0 atom stereocenters. The molecule has 0 aliphatic rings. The van der Waals surface area contributed by atoms with Crippen LogP contribution in [0.4, 0.5) is 0 Å². The zero-order chi connectivity index (χ0) is 21.5. The molecule has 0 saturated carbocycles. The Kier molecular flexibility index (Phi) is 19.2. The molecule has 1 N–H and O–H groups in total. The summed E-state index contributed by atoms with van der Waals surface area (Å²) < 4.78 is 0. The van der Waals surface area contributed by atoms with E-state index in [9.17, 15) is 5.11 Å². The third-order valence-corrected chi connectivity index (χ3v) is 6.51. The lowest BCUT2D eigenvalue weighted by Crippen LogP contribution is -1.86. The van der Waals surface area contributed by atoms with Crippen molar-refractivity contribution in [1.29, 1.82) is 0 Å². The average Bonchev–Trinajstić information content (AvgIpc) is 2.76. The van der Waals surface area contributed by atoms with Crippen molar-refractivity contribution < 1.29 is 5.11 Å². The van der Waals surface area contributed by atoms with E-state index in [4.69, 9.17) is 0 Å². The van der Waals surface area contributed by atoms with E-state index in [-0.39, 0.29) is 0 Å². The van der Waals surface area contributed by atoms with Gasteiger partial charge in [0.2, 0.25) is 0 Å². The lowest BCUT2D eigenvalue weighted by atomic mass is 10.0. The van der Waals surface area contributed by atoms with Crippen LogP contribution < -0.4 is 0 Å². The molecule has 0 radical (unpaired) electrons. The molecule has 0 amide bonds. The number of aryl methyl sites for hydroxylation is 1. The summed E-state index contributed by atoms with van der Waals surface area (Å²) in [6.45, 7) is 2.30. The molecule has 0 aliphatic carbocycles. The summed E-state index contributed by atoms with van der Waals surface area (Å²) in [6, 6.07) is 7.69. The number of phenols is 1. The van der Waals surface area contributed by atoms with Crippen LogP contribution in [0.15, 0.2) is 24.3 Å². The van der Waals surface area contributed by atoms with Crippen molar-refractivity contribution in [2.24, 2.45) is 0 Å². The molecule has 1 nitrogen and oxygen atoms in total. The van der Waals surface area contributed by atoms with Gasteiger partial charge in [-0.2, -0.15) is 0 Å². The van der Waals surface area contributed by atoms with Gasteiger partial charge in [-0.3, -0.25) is 0 Å². The molecule has 1 rings (SSSR count). The number of phenolic OH excluding ortho intramolecular Hbond substituents is 1. The second-order valence-corrected chi connectivity index (χ2v) is 9.49. The first-order chi connectivity index (χ1) is 14.8. The summed E-state index contributed by atoms with van der Waals surface area (Å²) >= 11 is 0. The largest absolute Gasteiger partial charge is 0.508 e. The second kappa shape index (κ2) is 21.3. The summed E-state index contributed by atoms with van der Waals surface area (Å²) in [7, 11) is 0. The van der Waals surface area contributed by atoms with Crippen LogP contribution in [0, 0.1) is 0 Å². The first-order valence-corrected chi connectivity index (χ1v) is 13.6. The van der Waals surface area contributed by atoms with Gasteiger partial charge in [0.1, 0.15) is 5.75 Å². The molecule has 0 saturated heterocycles. The van der Waals surface area contributed by atoms with Crippen LogP contribution in [-0.4, -0.2) is 5.11 Å². The topological polar surface area (TPSA) is 20.2 Å². The lowest BCUT2D eigenvalue weighted by molar-refractivity contribution is 0.475. The minimum absolute atomic E-state index is 0.373. The molecule has 1 aromatic rings. The molecule has 174 valence electrons. The molecule has 0 unspecified atom stereocenters. The molecule has 0 spiro atoms. The van der Waals surface area contributed by atoms with Crippen molar-refractivity contribution in [3.63, 3.8) is 0 Å². The number of rotatable bonds is 22. The Morgan fingerprint density at radius 3 is 1.07 bits per heavy atom. The molecule has 1 aromatic carbocycles. The van der Waals surface area contributed by atoms with Gasteiger partial charge in [-0.05, 0) is 30.5 Å². The van der Waals surface area contributed by atoms with E-state index < -0.39 is 0 Å². The standard InChI is InChI=1S/C29H52O/c1-2-3-4-5-6-7-8-9-10-11-12-13-14-15-16-17-18-19-20-21-22-23-28-24-26-29(30)27-25-28/h24-27,30H,2-23H2,1H3. The van der Waals surface area contributed by atoms with Crippen LogP contribution in [0.2, 0.25) is 0 Å². The van der Waals surface area contributed by atoms with Crippen molar-refractivity contribution in [2.45, 2.75) is 148 Å². The summed E-state index contributed by atoms with van der Waals surface area (Å²) in [5.41, 5.74) is 1.35. The van der Waals surface area contributed by atoms with Gasteiger partial charge in [-0.15, -0.1) is 0 Å². The van der Waals surface area contributed by atoms with Gasteiger partial charge in [0.15, 0.2) is 0 Å². The summed E-state index contributed by atoms with van der Waals surface area (Å²) in [5.74, 6) is 0.373. The predicted molar refractivity (Wildman–Crippen MR) is 134 cm³/mol. The molecule has 30 heavy (non-hydrogen) atoms. The number of unbranched alkanes of at least 4 members (excludes halogenated alkanes) is 20. The molecule has 0 heterocycles. The minimum Gasteiger partial charge on any atom is -0.508 e. The molecule has 0 bridgehead atoms. The van der Waals surface area contributed by atoms with Gasteiger partial charge in [-0.25, -0.2) is 0 Å². The van der Waals surface area contributed by atoms with Crippen LogP contribution in [0.3, 0.4) is 0 Å². The Morgan fingerprint density at radius 1 is 0.433 bits per heavy atom. The van der Waals surface area contributed by atoms with E-state index >= 15 is 0 Å². The van der Waals surface area contributed by atoms with E-state index in [0.29, 0.717) is 5.75 Å². The number of hydrogen-bond acceptors (Lipinski definition) is 1. The lowest BCUT2D eigenvalue weighted by Gasteiger charge is -2.04. The zero-order valence-electron chi connectivity index (χ0n) is 20.3. The fourth-order valence-electron chi connectivity index (χ4n) is 4.42. The minimum atomic E-state index is 0.373. The van der Waals surface area contributed by atoms with Crippen LogP contribution in [-0.2, 0) is 6.42 Å². The Balaban J connectivity index is 1.68. The third kappa shape index (κ3) is 17.8. The molecule has 0 aliphatic heterocycles. The summed E-state index contributed by atoms with van der Waals surface area (Å²) in [5, 5.41) is 9.30. The first-order valence-electron chi connectivity index (χ1n) is 13.6. The summed E-state index contributed by atoms with van der Waals surface area (Å²) in [4.78, 5) is 0. The maximum Gasteiger partial charge on any atom is 0.115 e. The quantitative estimate of drug-likeness (QED) is 0.186. The van der Waals surface area contributed by atoms with Gasteiger partial charge in [0.05, 0.1) is 0 Å². The normalized spacial score (nSPS) is 11.2. The zero-order valence-corrected chi connectivity index (χ0v) is 20.3. The average molecular weight is 417 g/mol. The molecule has 0 fully saturated rings. The third-order valence-electron chi connectivity index (χ3n) is 6.51. The Hall–Kier alpha value is -0.980. The van der Waals surface area contributed by atoms with Crippen LogP contribution in [0.1, 0.15) is 147 Å². The molecule has 0 aromatic heterocycles. The van der Waals surface area contributed by atoms with Gasteiger partial charge in [-0.1, -0.05) is 147 Å². The fourth-order valence-corrected chi connectivity index (χ4v) is 4.42.